The molecule has 0 aliphatic heterocycles. The molecule has 5 nitrogen and oxygen atoms in total. The van der Waals surface area contributed by atoms with Gasteiger partial charge in [-0.2, -0.15) is 0 Å². The summed E-state index contributed by atoms with van der Waals surface area (Å²) in [6.45, 7) is 4.32. The molecule has 2 N–H and O–H groups in total. The van der Waals surface area contributed by atoms with Crippen LogP contribution in [-0.4, -0.2) is 25.0 Å². The van der Waals surface area contributed by atoms with Crippen molar-refractivity contribution in [2.75, 3.05) is 18.5 Å². The van der Waals surface area contributed by atoms with E-state index in [4.69, 9.17) is 4.74 Å². The number of amides is 2. The van der Waals surface area contributed by atoms with Crippen LogP contribution in [-0.2, 0) is 9.59 Å². The molecule has 0 radical (unpaired) electrons. The van der Waals surface area contributed by atoms with Gasteiger partial charge >= 0.3 is 0 Å². The van der Waals surface area contributed by atoms with Crippen LogP contribution in [0.5, 0.6) is 5.75 Å². The number of aryl methyl sites for hydroxylation is 2. The van der Waals surface area contributed by atoms with E-state index in [-0.39, 0.29) is 18.4 Å². The molecule has 0 unspecified atom stereocenters. The molecule has 6 heteroatoms. The van der Waals surface area contributed by atoms with E-state index in [1.807, 2.05) is 56.3 Å². The highest BCUT2D eigenvalue weighted by atomic mass is 79.9. The summed E-state index contributed by atoms with van der Waals surface area (Å²) in [5.41, 5.74) is 2.82. The second kappa shape index (κ2) is 9.97. The molecule has 2 amide bonds. The van der Waals surface area contributed by atoms with Gasteiger partial charge in [0.15, 0.2) is 0 Å². The third kappa shape index (κ3) is 6.88. The van der Waals surface area contributed by atoms with Crippen LogP contribution in [0.15, 0.2) is 46.9 Å². The van der Waals surface area contributed by atoms with Gasteiger partial charge in [-0.1, -0.05) is 28.1 Å². The average molecular weight is 419 g/mol. The Morgan fingerprint density at radius 1 is 1.08 bits per heavy atom. The first-order valence-corrected chi connectivity index (χ1v) is 9.25. The van der Waals surface area contributed by atoms with Crippen LogP contribution in [0.2, 0.25) is 0 Å². The highest BCUT2D eigenvalue weighted by Gasteiger charge is 2.08. The maximum atomic E-state index is 11.9. The lowest BCUT2D eigenvalue weighted by Gasteiger charge is -2.10. The minimum atomic E-state index is -0.250. The maximum absolute atomic E-state index is 11.9. The number of halogens is 1. The van der Waals surface area contributed by atoms with Gasteiger partial charge in [-0.25, -0.2) is 0 Å². The predicted molar refractivity (Wildman–Crippen MR) is 106 cm³/mol. The Labute approximate surface area is 162 Å². The van der Waals surface area contributed by atoms with Crippen LogP contribution in [0.1, 0.15) is 24.0 Å². The zero-order valence-electron chi connectivity index (χ0n) is 15.0. The number of nitrogens with one attached hydrogen (secondary N) is 2. The van der Waals surface area contributed by atoms with Crippen molar-refractivity contribution in [3.63, 3.8) is 0 Å². The van der Waals surface area contributed by atoms with Crippen LogP contribution in [0.25, 0.3) is 0 Å². The zero-order chi connectivity index (χ0) is 18.9. The molecule has 2 aromatic rings. The molecule has 2 rings (SSSR count). The SMILES string of the molecule is Cc1cccc(OCCCC(=O)NCC(=O)Nc2ccc(Br)cc2C)c1. The second-order valence-corrected chi connectivity index (χ2v) is 6.97. The molecule has 0 atom stereocenters. The monoisotopic (exact) mass is 418 g/mol. The van der Waals surface area contributed by atoms with Crippen molar-refractivity contribution in [2.45, 2.75) is 26.7 Å². The summed E-state index contributed by atoms with van der Waals surface area (Å²) in [7, 11) is 0. The normalized spacial score (nSPS) is 10.3. The Balaban J connectivity index is 1.64. The highest BCUT2D eigenvalue weighted by Crippen LogP contribution is 2.19. The van der Waals surface area contributed by atoms with E-state index < -0.39 is 0 Å². The van der Waals surface area contributed by atoms with Crippen molar-refractivity contribution in [1.29, 1.82) is 0 Å². The molecule has 0 saturated carbocycles. The first kappa shape index (κ1) is 20.0. The third-order valence-electron chi connectivity index (χ3n) is 3.72. The molecule has 0 heterocycles. The minimum absolute atomic E-state index is 0.0485. The minimum Gasteiger partial charge on any atom is -0.494 e. The van der Waals surface area contributed by atoms with Gasteiger partial charge in [0.2, 0.25) is 11.8 Å². The number of benzene rings is 2. The van der Waals surface area contributed by atoms with Crippen molar-refractivity contribution in [1.82, 2.24) is 5.32 Å². The van der Waals surface area contributed by atoms with Crippen molar-refractivity contribution in [3.8, 4) is 5.75 Å². The van der Waals surface area contributed by atoms with Gasteiger partial charge in [-0.05, 0) is 61.7 Å². The first-order chi connectivity index (χ1) is 12.4. The topological polar surface area (TPSA) is 67.4 Å². The molecule has 0 aliphatic carbocycles. The van der Waals surface area contributed by atoms with Crippen molar-refractivity contribution < 1.29 is 14.3 Å². The summed E-state index contributed by atoms with van der Waals surface area (Å²) < 4.78 is 6.55. The number of ether oxygens (including phenoxy) is 1. The summed E-state index contributed by atoms with van der Waals surface area (Å²) in [5.74, 6) is 0.384. The summed E-state index contributed by atoms with van der Waals surface area (Å²) >= 11 is 3.38. The van der Waals surface area contributed by atoms with E-state index in [1.165, 1.54) is 0 Å². The summed E-state index contributed by atoms with van der Waals surface area (Å²) in [5, 5.41) is 5.41. The fraction of sp³-hybridized carbons (Fsp3) is 0.300. The largest absolute Gasteiger partial charge is 0.494 e. The molecule has 26 heavy (non-hydrogen) atoms. The second-order valence-electron chi connectivity index (χ2n) is 6.05. The molecular weight excluding hydrogens is 396 g/mol. The van der Waals surface area contributed by atoms with Crippen LogP contribution < -0.4 is 15.4 Å². The standard InChI is InChI=1S/C20H23BrN2O3/c1-14-5-3-6-17(11-14)26-10-4-7-19(24)22-13-20(25)23-18-9-8-16(21)12-15(18)2/h3,5-6,8-9,11-12H,4,7,10,13H2,1-2H3,(H,22,24)(H,23,25). The Morgan fingerprint density at radius 3 is 2.62 bits per heavy atom. The lowest BCUT2D eigenvalue weighted by atomic mass is 10.2. The van der Waals surface area contributed by atoms with Gasteiger partial charge in [0.05, 0.1) is 13.2 Å². The van der Waals surface area contributed by atoms with Crippen molar-refractivity contribution in [2.24, 2.45) is 0 Å². The quantitative estimate of drug-likeness (QED) is 0.637. The molecule has 0 spiro atoms. The van der Waals surface area contributed by atoms with E-state index in [9.17, 15) is 9.59 Å². The number of anilines is 1. The van der Waals surface area contributed by atoms with Crippen molar-refractivity contribution in [3.05, 3.63) is 58.1 Å². The number of carbonyl (C=O) groups is 2. The van der Waals surface area contributed by atoms with Gasteiger partial charge in [0, 0.05) is 16.6 Å². The average Bonchev–Trinajstić information content (AvgIpc) is 2.59. The lowest BCUT2D eigenvalue weighted by Crippen LogP contribution is -2.33. The van der Waals surface area contributed by atoms with E-state index in [1.54, 1.807) is 0 Å². The molecular formula is C20H23BrN2O3. The Hall–Kier alpha value is -2.34. The van der Waals surface area contributed by atoms with Gasteiger partial charge in [0.1, 0.15) is 5.75 Å². The van der Waals surface area contributed by atoms with Gasteiger partial charge in [0.25, 0.3) is 0 Å². The number of hydrogen-bond acceptors (Lipinski definition) is 3. The first-order valence-electron chi connectivity index (χ1n) is 8.46. The van der Waals surface area contributed by atoms with Crippen LogP contribution in [0.4, 0.5) is 5.69 Å². The number of rotatable bonds is 8. The molecule has 0 saturated heterocycles. The van der Waals surface area contributed by atoms with E-state index in [0.717, 1.165) is 27.0 Å². The van der Waals surface area contributed by atoms with E-state index in [0.29, 0.717) is 19.4 Å². The predicted octanol–water partition coefficient (Wildman–Crippen LogP) is 3.98. The van der Waals surface area contributed by atoms with Crippen LogP contribution in [0, 0.1) is 13.8 Å². The lowest BCUT2D eigenvalue weighted by molar-refractivity contribution is -0.124. The fourth-order valence-electron chi connectivity index (χ4n) is 2.36. The Morgan fingerprint density at radius 2 is 1.88 bits per heavy atom. The molecule has 2 aromatic carbocycles. The van der Waals surface area contributed by atoms with Gasteiger partial charge in [-0.15, -0.1) is 0 Å². The molecule has 0 aliphatic rings. The van der Waals surface area contributed by atoms with Crippen LogP contribution in [0.3, 0.4) is 0 Å². The van der Waals surface area contributed by atoms with Gasteiger partial charge in [-0.3, -0.25) is 9.59 Å². The number of hydrogen-bond donors (Lipinski definition) is 2. The molecule has 0 aromatic heterocycles. The summed E-state index contributed by atoms with van der Waals surface area (Å²) in [4.78, 5) is 23.8. The van der Waals surface area contributed by atoms with Crippen molar-refractivity contribution >= 4 is 33.4 Å². The Bertz CT molecular complexity index is 777. The molecule has 138 valence electrons. The molecule has 0 fully saturated rings. The van der Waals surface area contributed by atoms with Crippen LogP contribution >= 0.6 is 15.9 Å². The Kier molecular flexibility index (Phi) is 7.66. The highest BCUT2D eigenvalue weighted by molar-refractivity contribution is 9.10. The van der Waals surface area contributed by atoms with E-state index >= 15 is 0 Å². The van der Waals surface area contributed by atoms with Gasteiger partial charge < -0.3 is 15.4 Å². The smallest absolute Gasteiger partial charge is 0.243 e. The number of carbonyl (C=O) groups excluding carboxylic acids is 2. The summed E-state index contributed by atoms with van der Waals surface area (Å²) in [6, 6.07) is 13.4. The van der Waals surface area contributed by atoms with E-state index in [2.05, 4.69) is 26.6 Å². The fourth-order valence-corrected chi connectivity index (χ4v) is 2.83. The zero-order valence-corrected chi connectivity index (χ0v) is 16.6. The maximum Gasteiger partial charge on any atom is 0.243 e. The summed E-state index contributed by atoms with van der Waals surface area (Å²) in [6.07, 6.45) is 0.906. The third-order valence-corrected chi connectivity index (χ3v) is 4.21. The molecule has 0 bridgehead atoms.